The number of hydrogen-bond donors (Lipinski definition) is 3. The van der Waals surface area contributed by atoms with Crippen molar-refractivity contribution in [3.05, 3.63) is 47.0 Å². The van der Waals surface area contributed by atoms with Crippen LogP contribution in [0.25, 0.3) is 0 Å². The second kappa shape index (κ2) is 15.3. The normalized spacial score (nSPS) is 27.7. The van der Waals surface area contributed by atoms with Crippen LogP contribution in [0.2, 0.25) is 0 Å². The Morgan fingerprint density at radius 3 is 2.47 bits per heavy atom. The zero-order chi connectivity index (χ0) is 39.9. The average molecular weight is 796 g/mol. The Balaban J connectivity index is 1.25. The van der Waals surface area contributed by atoms with Crippen LogP contribution in [-0.2, 0) is 53.0 Å². The summed E-state index contributed by atoms with van der Waals surface area (Å²) in [6.07, 6.45) is -0.278. The molecule has 5 aliphatic rings. The van der Waals surface area contributed by atoms with Crippen LogP contribution >= 0.6 is 0 Å². The fraction of sp³-hybridized carbons (Fsp3) is 0.649. The average Bonchev–Trinajstić information content (AvgIpc) is 4.02. The van der Waals surface area contributed by atoms with E-state index in [1.54, 1.807) is 32.9 Å². The third-order valence-electron chi connectivity index (χ3n) is 10.6. The summed E-state index contributed by atoms with van der Waals surface area (Å²) in [4.78, 5) is 70.9. The highest BCUT2D eigenvalue weighted by atomic mass is 32.2. The predicted octanol–water partition coefficient (Wildman–Crippen LogP) is 4.07. The van der Waals surface area contributed by atoms with Crippen molar-refractivity contribution in [3.63, 3.8) is 0 Å². The van der Waals surface area contributed by atoms with Crippen molar-refractivity contribution < 1.29 is 55.0 Å². The van der Waals surface area contributed by atoms with Crippen LogP contribution in [0, 0.1) is 5.92 Å². The number of alkyl carbamates (subject to hydrolysis) is 1. The molecule has 5 atom stereocenters. The summed E-state index contributed by atoms with van der Waals surface area (Å²) >= 11 is 0. The lowest BCUT2D eigenvalue weighted by Gasteiger charge is -2.31. The standard InChI is InChI=1S/C37H48F3N5O9S/c1-35(2,3)54-33(49)41-28-13-8-6-4-5-7-11-23-19-36(23,32(48)43-55(51,52)25-14-15-25)42-30(46)29-18-24(20-45(29)31(28)47)53-34(50)44-17-16-22-10-9-12-27(26(22)21-44)37(38,39)40/h7,9-12,23-25,28-29H,4-6,8,13-21H2,1-3H3,(H,41,49)(H,42,46)(H,43,48)/t23-,24-,28-,29+,36-/m1/s1. The van der Waals surface area contributed by atoms with Gasteiger partial charge in [-0.3, -0.25) is 19.1 Å². The topological polar surface area (TPSA) is 181 Å². The van der Waals surface area contributed by atoms with Gasteiger partial charge in [0.1, 0.15) is 29.3 Å². The molecule has 0 aromatic heterocycles. The second-order valence-electron chi connectivity index (χ2n) is 16.1. The van der Waals surface area contributed by atoms with Crippen LogP contribution in [0.5, 0.6) is 0 Å². The number of fused-ring (bicyclic) bond motifs is 3. The Kier molecular flexibility index (Phi) is 11.2. The van der Waals surface area contributed by atoms with Crippen molar-refractivity contribution >= 4 is 39.9 Å². The van der Waals surface area contributed by atoms with Crippen LogP contribution in [0.15, 0.2) is 30.4 Å². The molecule has 1 aromatic rings. The fourth-order valence-electron chi connectivity index (χ4n) is 7.52. The Hall–Kier alpha value is -4.35. The summed E-state index contributed by atoms with van der Waals surface area (Å²) in [5, 5.41) is 4.67. The van der Waals surface area contributed by atoms with E-state index in [1.165, 1.54) is 11.0 Å². The molecule has 0 radical (unpaired) electrons. The number of allylic oxidation sites excluding steroid dienone is 1. The van der Waals surface area contributed by atoms with E-state index in [2.05, 4.69) is 15.4 Å². The number of sulfonamides is 1. The van der Waals surface area contributed by atoms with Gasteiger partial charge in [0.15, 0.2) is 0 Å². The minimum Gasteiger partial charge on any atom is -0.444 e. The highest BCUT2D eigenvalue weighted by Gasteiger charge is 2.62. The summed E-state index contributed by atoms with van der Waals surface area (Å²) in [5.41, 5.74) is -2.93. The van der Waals surface area contributed by atoms with Gasteiger partial charge >= 0.3 is 18.4 Å². The minimum absolute atomic E-state index is 0.0387. The molecule has 1 saturated heterocycles. The van der Waals surface area contributed by atoms with Crippen LogP contribution in [-0.4, -0.2) is 95.8 Å². The number of nitrogens with zero attached hydrogens (tertiary/aromatic N) is 2. The maximum atomic E-state index is 14.3. The van der Waals surface area contributed by atoms with E-state index in [0.717, 1.165) is 11.0 Å². The third kappa shape index (κ3) is 9.38. The lowest BCUT2D eigenvalue weighted by molar-refractivity contribution is -0.141. The van der Waals surface area contributed by atoms with E-state index in [0.29, 0.717) is 44.1 Å². The molecule has 2 aliphatic carbocycles. The quantitative estimate of drug-likeness (QED) is 0.371. The molecular formula is C37H48F3N5O9S. The minimum atomic E-state index is -4.64. The molecule has 14 nitrogen and oxygen atoms in total. The molecule has 18 heteroatoms. The molecule has 2 saturated carbocycles. The first-order chi connectivity index (χ1) is 25.8. The zero-order valence-corrected chi connectivity index (χ0v) is 31.9. The lowest BCUT2D eigenvalue weighted by Crippen LogP contribution is -2.58. The van der Waals surface area contributed by atoms with Gasteiger partial charge in [-0.2, -0.15) is 13.2 Å². The van der Waals surface area contributed by atoms with Crippen molar-refractivity contribution in [1.82, 2.24) is 25.2 Å². The van der Waals surface area contributed by atoms with Gasteiger partial charge in [0.05, 0.1) is 17.4 Å². The van der Waals surface area contributed by atoms with Crippen molar-refractivity contribution in [2.24, 2.45) is 5.92 Å². The molecule has 5 amide bonds. The van der Waals surface area contributed by atoms with Gasteiger partial charge in [0, 0.05) is 25.4 Å². The van der Waals surface area contributed by atoms with Gasteiger partial charge in [-0.25, -0.2) is 18.0 Å². The molecule has 55 heavy (non-hydrogen) atoms. The number of carbonyl (C=O) groups excluding carboxylic acids is 5. The number of rotatable bonds is 5. The van der Waals surface area contributed by atoms with Gasteiger partial charge < -0.3 is 29.9 Å². The maximum absolute atomic E-state index is 14.3. The Bertz CT molecular complexity index is 1840. The first-order valence-electron chi connectivity index (χ1n) is 18.8. The van der Waals surface area contributed by atoms with Crippen molar-refractivity contribution in [3.8, 4) is 0 Å². The number of ether oxygens (including phenoxy) is 2. The van der Waals surface area contributed by atoms with Crippen molar-refractivity contribution in [1.29, 1.82) is 0 Å². The van der Waals surface area contributed by atoms with Gasteiger partial charge in [0.25, 0.3) is 5.91 Å². The van der Waals surface area contributed by atoms with E-state index < -0.39 is 92.2 Å². The number of halogens is 3. The van der Waals surface area contributed by atoms with E-state index in [1.807, 2.05) is 6.08 Å². The highest BCUT2D eigenvalue weighted by Crippen LogP contribution is 2.46. The molecule has 302 valence electrons. The molecule has 3 aliphatic heterocycles. The fourth-order valence-corrected chi connectivity index (χ4v) is 8.88. The Morgan fingerprint density at radius 2 is 1.78 bits per heavy atom. The van der Waals surface area contributed by atoms with E-state index in [4.69, 9.17) is 9.47 Å². The summed E-state index contributed by atoms with van der Waals surface area (Å²) in [5.74, 6) is -2.88. The van der Waals surface area contributed by atoms with Crippen LogP contribution in [0.3, 0.4) is 0 Å². The molecule has 0 bridgehead atoms. The molecular weight excluding hydrogens is 747 g/mol. The first-order valence-corrected chi connectivity index (χ1v) is 20.3. The van der Waals surface area contributed by atoms with Gasteiger partial charge in [-0.15, -0.1) is 0 Å². The Morgan fingerprint density at radius 1 is 1.04 bits per heavy atom. The third-order valence-corrected chi connectivity index (χ3v) is 12.5. The number of carbonyl (C=O) groups is 5. The van der Waals surface area contributed by atoms with Crippen molar-refractivity contribution in [2.45, 2.75) is 132 Å². The van der Waals surface area contributed by atoms with E-state index in [9.17, 15) is 45.6 Å². The summed E-state index contributed by atoms with van der Waals surface area (Å²) < 4.78 is 80.4. The van der Waals surface area contributed by atoms with Crippen LogP contribution < -0.4 is 15.4 Å². The Labute approximate surface area is 317 Å². The summed E-state index contributed by atoms with van der Waals surface area (Å²) in [6.45, 7) is 4.40. The lowest BCUT2D eigenvalue weighted by atomic mass is 9.95. The monoisotopic (exact) mass is 795 g/mol. The molecule has 3 N–H and O–H groups in total. The number of alkyl halides is 3. The van der Waals surface area contributed by atoms with Crippen LogP contribution in [0.1, 0.15) is 95.2 Å². The number of hydrogen-bond acceptors (Lipinski definition) is 9. The number of nitrogens with one attached hydrogen (secondary N) is 3. The maximum Gasteiger partial charge on any atom is 0.416 e. The van der Waals surface area contributed by atoms with Crippen molar-refractivity contribution in [2.75, 3.05) is 13.1 Å². The zero-order valence-electron chi connectivity index (χ0n) is 31.1. The van der Waals surface area contributed by atoms with Gasteiger partial charge in [0.2, 0.25) is 21.8 Å². The van der Waals surface area contributed by atoms with E-state index in [-0.39, 0.29) is 50.9 Å². The largest absolute Gasteiger partial charge is 0.444 e. The molecule has 3 heterocycles. The smallest absolute Gasteiger partial charge is 0.416 e. The van der Waals surface area contributed by atoms with Gasteiger partial charge in [-0.05, 0) is 82.9 Å². The first kappa shape index (κ1) is 40.3. The molecule has 0 unspecified atom stereocenters. The SMILES string of the molecule is CC(C)(C)OC(=O)N[C@@H]1CCCCCC=C[C@@H]2C[C@@]2(C(=O)NS(=O)(=O)C2CC2)NC(=O)[C@@H]2C[C@@H](OC(=O)N3CCc4cccc(C(F)(F)F)c4C3)CN2C1=O. The molecule has 0 spiro atoms. The predicted molar refractivity (Wildman–Crippen MR) is 190 cm³/mol. The van der Waals surface area contributed by atoms with E-state index >= 15 is 0 Å². The molecule has 3 fully saturated rings. The summed E-state index contributed by atoms with van der Waals surface area (Å²) in [6, 6.07) is 1.38. The van der Waals surface area contributed by atoms with Crippen LogP contribution in [0.4, 0.5) is 22.8 Å². The highest BCUT2D eigenvalue weighted by molar-refractivity contribution is 7.91. The second-order valence-corrected chi connectivity index (χ2v) is 18.0. The molecule has 1 aromatic carbocycles. The number of benzene rings is 1. The number of amides is 5. The van der Waals surface area contributed by atoms with Gasteiger partial charge in [-0.1, -0.05) is 37.1 Å². The molecule has 6 rings (SSSR count). The summed E-state index contributed by atoms with van der Waals surface area (Å²) in [7, 11) is -3.97.